The first-order valence-electron chi connectivity index (χ1n) is 9.06. The SMILES string of the molecule is CN(C)c1cccc(-c2nnc3cncc(OCCc4ccc(F)c(F)c4)n23)c1. The van der Waals surface area contributed by atoms with Gasteiger partial charge in [-0.3, -0.25) is 4.98 Å². The third-order valence-corrected chi connectivity index (χ3v) is 4.53. The van der Waals surface area contributed by atoms with Crippen molar-refractivity contribution in [1.82, 2.24) is 19.6 Å². The van der Waals surface area contributed by atoms with Crippen LogP contribution in [0.25, 0.3) is 17.0 Å². The predicted octanol–water partition coefficient (Wildman–Crippen LogP) is 3.76. The molecule has 148 valence electrons. The second kappa shape index (κ2) is 7.83. The number of hydrogen-bond donors (Lipinski definition) is 0. The van der Waals surface area contributed by atoms with Gasteiger partial charge in [-0.05, 0) is 29.8 Å². The Hall–Kier alpha value is -3.55. The summed E-state index contributed by atoms with van der Waals surface area (Å²) in [5.41, 5.74) is 3.13. The van der Waals surface area contributed by atoms with Gasteiger partial charge in [0.25, 0.3) is 0 Å². The van der Waals surface area contributed by atoms with E-state index >= 15 is 0 Å². The average Bonchev–Trinajstić information content (AvgIpc) is 3.16. The number of benzene rings is 2. The highest BCUT2D eigenvalue weighted by Crippen LogP contribution is 2.26. The van der Waals surface area contributed by atoms with Crippen LogP contribution in [0.2, 0.25) is 0 Å². The Kier molecular flexibility index (Phi) is 5.07. The zero-order valence-corrected chi connectivity index (χ0v) is 16.0. The van der Waals surface area contributed by atoms with Gasteiger partial charge in [-0.25, -0.2) is 13.2 Å². The lowest BCUT2D eigenvalue weighted by Crippen LogP contribution is -2.08. The molecule has 6 nitrogen and oxygen atoms in total. The van der Waals surface area contributed by atoms with E-state index in [9.17, 15) is 8.78 Å². The van der Waals surface area contributed by atoms with Gasteiger partial charge in [0, 0.05) is 31.8 Å². The van der Waals surface area contributed by atoms with Gasteiger partial charge >= 0.3 is 0 Å². The molecule has 0 bridgehead atoms. The molecule has 4 aromatic rings. The van der Waals surface area contributed by atoms with Crippen molar-refractivity contribution in [2.75, 3.05) is 25.6 Å². The van der Waals surface area contributed by atoms with Crippen LogP contribution in [0, 0.1) is 11.6 Å². The maximum atomic E-state index is 13.4. The maximum absolute atomic E-state index is 13.4. The number of hydrogen-bond acceptors (Lipinski definition) is 5. The molecule has 2 heterocycles. The Morgan fingerprint density at radius 1 is 1.00 bits per heavy atom. The van der Waals surface area contributed by atoms with Gasteiger partial charge in [0.2, 0.25) is 5.88 Å². The average molecular weight is 395 g/mol. The summed E-state index contributed by atoms with van der Waals surface area (Å²) in [5, 5.41) is 8.48. The highest BCUT2D eigenvalue weighted by Gasteiger charge is 2.14. The second-order valence-electron chi connectivity index (χ2n) is 6.75. The van der Waals surface area contributed by atoms with E-state index in [0.29, 0.717) is 29.3 Å². The van der Waals surface area contributed by atoms with Gasteiger partial charge in [0.05, 0.1) is 19.0 Å². The molecule has 29 heavy (non-hydrogen) atoms. The van der Waals surface area contributed by atoms with Crippen LogP contribution in [0.5, 0.6) is 5.88 Å². The first-order valence-corrected chi connectivity index (χ1v) is 9.06. The normalized spacial score (nSPS) is 11.0. The van der Waals surface area contributed by atoms with E-state index < -0.39 is 11.6 Å². The molecule has 2 aromatic carbocycles. The summed E-state index contributed by atoms with van der Waals surface area (Å²) in [5.74, 6) is -0.625. The highest BCUT2D eigenvalue weighted by molar-refractivity contribution is 5.65. The van der Waals surface area contributed by atoms with Crippen LogP contribution < -0.4 is 9.64 Å². The molecule has 0 N–H and O–H groups in total. The van der Waals surface area contributed by atoms with E-state index in [2.05, 4.69) is 15.2 Å². The largest absolute Gasteiger partial charge is 0.477 e. The monoisotopic (exact) mass is 395 g/mol. The third kappa shape index (κ3) is 3.87. The minimum Gasteiger partial charge on any atom is -0.477 e. The topological polar surface area (TPSA) is 55.5 Å². The smallest absolute Gasteiger partial charge is 0.220 e. The molecule has 0 radical (unpaired) electrons. The Bertz CT molecular complexity index is 1160. The first-order chi connectivity index (χ1) is 14.0. The van der Waals surface area contributed by atoms with E-state index in [0.717, 1.165) is 17.3 Å². The van der Waals surface area contributed by atoms with E-state index in [1.807, 2.05) is 43.3 Å². The molecular weight excluding hydrogens is 376 g/mol. The van der Waals surface area contributed by atoms with Crippen molar-refractivity contribution in [3.05, 3.63) is 72.1 Å². The molecule has 8 heteroatoms. The van der Waals surface area contributed by atoms with Gasteiger partial charge < -0.3 is 9.64 Å². The number of nitrogens with zero attached hydrogens (tertiary/aromatic N) is 5. The molecular formula is C21H19F2N5O. The van der Waals surface area contributed by atoms with Gasteiger partial charge in [0.1, 0.15) is 0 Å². The lowest BCUT2D eigenvalue weighted by atomic mass is 10.1. The van der Waals surface area contributed by atoms with Crippen molar-refractivity contribution in [3.8, 4) is 17.3 Å². The summed E-state index contributed by atoms with van der Waals surface area (Å²) >= 11 is 0. The molecule has 2 aromatic heterocycles. The second-order valence-corrected chi connectivity index (χ2v) is 6.75. The van der Waals surface area contributed by atoms with E-state index in [-0.39, 0.29) is 6.61 Å². The molecule has 0 atom stereocenters. The molecule has 0 aliphatic carbocycles. The summed E-state index contributed by atoms with van der Waals surface area (Å²) in [6.07, 6.45) is 3.61. The fourth-order valence-corrected chi connectivity index (χ4v) is 3.00. The van der Waals surface area contributed by atoms with E-state index in [4.69, 9.17) is 4.74 Å². The van der Waals surface area contributed by atoms with Crippen LogP contribution in [0.3, 0.4) is 0 Å². The Labute approximate surface area is 166 Å². The molecule has 0 saturated heterocycles. The fraction of sp³-hybridized carbons (Fsp3) is 0.190. The minimum atomic E-state index is -0.867. The number of ether oxygens (including phenoxy) is 1. The number of aromatic nitrogens is 4. The molecule has 0 spiro atoms. The number of rotatable bonds is 6. The molecule has 0 amide bonds. The highest BCUT2D eigenvalue weighted by atomic mass is 19.2. The summed E-state index contributed by atoms with van der Waals surface area (Å²) in [6, 6.07) is 11.8. The molecule has 0 aliphatic heterocycles. The zero-order valence-electron chi connectivity index (χ0n) is 16.0. The van der Waals surface area contributed by atoms with Crippen molar-refractivity contribution in [2.45, 2.75) is 6.42 Å². The van der Waals surface area contributed by atoms with Crippen LogP contribution >= 0.6 is 0 Å². The maximum Gasteiger partial charge on any atom is 0.220 e. The standard InChI is InChI=1S/C21H19F2N5O/c1-27(2)16-5-3-4-15(11-16)21-26-25-19-12-24-13-20(28(19)21)29-9-8-14-6-7-17(22)18(23)10-14/h3-7,10-13H,8-9H2,1-2H3. The van der Waals surface area contributed by atoms with Crippen LogP contribution in [0.4, 0.5) is 14.5 Å². The van der Waals surface area contributed by atoms with Crippen molar-refractivity contribution < 1.29 is 13.5 Å². The van der Waals surface area contributed by atoms with E-state index in [1.165, 1.54) is 12.1 Å². The van der Waals surface area contributed by atoms with Gasteiger partial charge in [-0.2, -0.15) is 0 Å². The van der Waals surface area contributed by atoms with Crippen LogP contribution in [-0.2, 0) is 6.42 Å². The molecule has 4 rings (SSSR count). The predicted molar refractivity (Wildman–Crippen MR) is 106 cm³/mol. The van der Waals surface area contributed by atoms with Crippen molar-refractivity contribution in [3.63, 3.8) is 0 Å². The zero-order chi connectivity index (χ0) is 20.4. The van der Waals surface area contributed by atoms with Crippen molar-refractivity contribution in [1.29, 1.82) is 0 Å². The van der Waals surface area contributed by atoms with Crippen LogP contribution in [0.1, 0.15) is 5.56 Å². The van der Waals surface area contributed by atoms with Gasteiger partial charge in [-0.15, -0.1) is 10.2 Å². The number of anilines is 1. The first kappa shape index (κ1) is 18.8. The summed E-state index contributed by atoms with van der Waals surface area (Å²) in [4.78, 5) is 6.16. The van der Waals surface area contributed by atoms with Crippen molar-refractivity contribution in [2.24, 2.45) is 0 Å². The fourth-order valence-electron chi connectivity index (χ4n) is 3.00. The van der Waals surface area contributed by atoms with Crippen molar-refractivity contribution >= 4 is 11.3 Å². The Morgan fingerprint density at radius 3 is 2.66 bits per heavy atom. The van der Waals surface area contributed by atoms with Gasteiger partial charge in [0.15, 0.2) is 23.1 Å². The van der Waals surface area contributed by atoms with Crippen LogP contribution in [-0.4, -0.2) is 40.3 Å². The molecule has 0 unspecified atom stereocenters. The number of halogens is 2. The summed E-state index contributed by atoms with van der Waals surface area (Å²) < 4.78 is 34.1. The lowest BCUT2D eigenvalue weighted by molar-refractivity contribution is 0.304. The number of fused-ring (bicyclic) bond motifs is 1. The molecule has 0 fully saturated rings. The molecule has 0 saturated carbocycles. The Balaban J connectivity index is 1.61. The minimum absolute atomic E-state index is 0.265. The lowest BCUT2D eigenvalue weighted by Gasteiger charge is -2.14. The summed E-state index contributed by atoms with van der Waals surface area (Å²) in [7, 11) is 3.94. The van der Waals surface area contributed by atoms with E-state index in [1.54, 1.807) is 16.8 Å². The molecule has 0 aliphatic rings. The van der Waals surface area contributed by atoms with Crippen LogP contribution in [0.15, 0.2) is 54.9 Å². The van der Waals surface area contributed by atoms with Gasteiger partial charge in [-0.1, -0.05) is 18.2 Å². The summed E-state index contributed by atoms with van der Waals surface area (Å²) in [6.45, 7) is 0.265. The Morgan fingerprint density at radius 2 is 1.86 bits per heavy atom. The quantitative estimate of drug-likeness (QED) is 0.498. The third-order valence-electron chi connectivity index (χ3n) is 4.53.